The van der Waals surface area contributed by atoms with Crippen LogP contribution in [0, 0.1) is 0 Å². The van der Waals surface area contributed by atoms with E-state index >= 15 is 0 Å². The molecule has 1 heterocycles. The molecule has 0 aliphatic rings. The van der Waals surface area contributed by atoms with Crippen LogP contribution in [0.2, 0.25) is 0 Å². The second-order valence-corrected chi connectivity index (χ2v) is 6.23. The van der Waals surface area contributed by atoms with Crippen molar-refractivity contribution in [2.75, 3.05) is 0 Å². The molecule has 0 amide bonds. The van der Waals surface area contributed by atoms with Crippen LogP contribution < -0.4 is 0 Å². The van der Waals surface area contributed by atoms with Gasteiger partial charge < -0.3 is 0 Å². The lowest BCUT2D eigenvalue weighted by Crippen LogP contribution is -2.05. The topological polar surface area (TPSA) is 30.7 Å². The quantitative estimate of drug-likeness (QED) is 0.421. The molecular formula is C18H35N3. The molecule has 1 rings (SSSR count). The first-order valence-corrected chi connectivity index (χ1v) is 9.25. The van der Waals surface area contributed by atoms with Gasteiger partial charge in [0.2, 0.25) is 0 Å². The van der Waals surface area contributed by atoms with E-state index in [9.17, 15) is 0 Å². The highest BCUT2D eigenvalue weighted by Crippen LogP contribution is 2.10. The van der Waals surface area contributed by atoms with Crippen LogP contribution in [-0.4, -0.2) is 15.0 Å². The molecule has 0 aromatic carbocycles. The Bertz CT molecular complexity index is 333. The van der Waals surface area contributed by atoms with Crippen LogP contribution in [0.25, 0.3) is 0 Å². The highest BCUT2D eigenvalue weighted by Gasteiger charge is 2.03. The third-order valence-corrected chi connectivity index (χ3v) is 4.21. The van der Waals surface area contributed by atoms with Gasteiger partial charge in [-0.15, -0.1) is 5.10 Å². The lowest BCUT2D eigenvalue weighted by Gasteiger charge is -2.06. The number of aromatic nitrogens is 3. The summed E-state index contributed by atoms with van der Waals surface area (Å²) in [5.74, 6) is 0. The first-order chi connectivity index (χ1) is 10.4. The van der Waals surface area contributed by atoms with Gasteiger partial charge in [0.05, 0.1) is 11.9 Å². The van der Waals surface area contributed by atoms with E-state index in [2.05, 4.69) is 28.8 Å². The molecular weight excluding hydrogens is 258 g/mol. The van der Waals surface area contributed by atoms with Crippen molar-refractivity contribution >= 4 is 0 Å². The Hall–Kier alpha value is -0.860. The molecule has 0 radical (unpaired) electrons. The van der Waals surface area contributed by atoms with Gasteiger partial charge in [0, 0.05) is 6.54 Å². The number of aryl methyl sites for hydroxylation is 2. The third kappa shape index (κ3) is 8.90. The summed E-state index contributed by atoms with van der Waals surface area (Å²) in [4.78, 5) is 0. The van der Waals surface area contributed by atoms with Gasteiger partial charge in [0.1, 0.15) is 0 Å². The van der Waals surface area contributed by atoms with E-state index < -0.39 is 0 Å². The molecule has 0 N–H and O–H groups in total. The van der Waals surface area contributed by atoms with E-state index in [1.54, 1.807) is 0 Å². The van der Waals surface area contributed by atoms with Crippen molar-refractivity contribution in [2.24, 2.45) is 0 Å². The predicted molar refractivity (Wildman–Crippen MR) is 90.5 cm³/mol. The second kappa shape index (κ2) is 12.8. The summed E-state index contributed by atoms with van der Waals surface area (Å²) in [5, 5.41) is 8.33. The first kappa shape index (κ1) is 18.2. The van der Waals surface area contributed by atoms with Crippen LogP contribution in [0.3, 0.4) is 0 Å². The molecule has 0 fully saturated rings. The standard InChI is InChI=1S/C18H35N3/c1-3-5-7-9-10-12-14-16-21-18(17-19-20-21)15-13-11-8-6-4-2/h17H,3-16H2,1-2H3. The van der Waals surface area contributed by atoms with E-state index in [0.29, 0.717) is 0 Å². The van der Waals surface area contributed by atoms with Gasteiger partial charge in [-0.1, -0.05) is 83.3 Å². The van der Waals surface area contributed by atoms with Crippen molar-refractivity contribution in [2.45, 2.75) is 104 Å². The highest BCUT2D eigenvalue weighted by atomic mass is 15.4. The Morgan fingerprint density at radius 1 is 0.762 bits per heavy atom. The van der Waals surface area contributed by atoms with Crippen molar-refractivity contribution in [3.8, 4) is 0 Å². The summed E-state index contributed by atoms with van der Waals surface area (Å²) < 4.78 is 2.13. The molecule has 0 atom stereocenters. The Kier molecular flexibility index (Phi) is 11.1. The lowest BCUT2D eigenvalue weighted by molar-refractivity contribution is 0.495. The molecule has 0 bridgehead atoms. The zero-order valence-electron chi connectivity index (χ0n) is 14.3. The van der Waals surface area contributed by atoms with Crippen LogP contribution in [0.15, 0.2) is 6.20 Å². The first-order valence-electron chi connectivity index (χ1n) is 9.25. The zero-order valence-corrected chi connectivity index (χ0v) is 14.3. The van der Waals surface area contributed by atoms with Crippen LogP contribution >= 0.6 is 0 Å². The molecule has 1 aromatic rings. The van der Waals surface area contributed by atoms with E-state index in [1.807, 2.05) is 6.20 Å². The van der Waals surface area contributed by atoms with Gasteiger partial charge in [-0.2, -0.15) is 0 Å². The molecule has 3 nitrogen and oxygen atoms in total. The third-order valence-electron chi connectivity index (χ3n) is 4.21. The summed E-state index contributed by atoms with van der Waals surface area (Å²) in [6.07, 6.45) is 19.3. The fraction of sp³-hybridized carbons (Fsp3) is 0.889. The molecule has 122 valence electrons. The zero-order chi connectivity index (χ0) is 15.2. The molecule has 0 aliphatic heterocycles. The molecule has 0 aliphatic carbocycles. The van der Waals surface area contributed by atoms with E-state index in [1.165, 1.54) is 82.7 Å². The van der Waals surface area contributed by atoms with Crippen LogP contribution in [0.5, 0.6) is 0 Å². The number of nitrogens with zero attached hydrogens (tertiary/aromatic N) is 3. The Balaban J connectivity index is 2.08. The van der Waals surface area contributed by atoms with E-state index in [-0.39, 0.29) is 0 Å². The van der Waals surface area contributed by atoms with Gasteiger partial charge in [-0.05, 0) is 19.3 Å². The van der Waals surface area contributed by atoms with Crippen LogP contribution in [0.4, 0.5) is 0 Å². The minimum absolute atomic E-state index is 1.05. The molecule has 0 spiro atoms. The van der Waals surface area contributed by atoms with Crippen molar-refractivity contribution in [3.05, 3.63) is 11.9 Å². The van der Waals surface area contributed by atoms with E-state index in [4.69, 9.17) is 0 Å². The molecule has 21 heavy (non-hydrogen) atoms. The normalized spacial score (nSPS) is 11.1. The summed E-state index contributed by atoms with van der Waals surface area (Å²) in [7, 11) is 0. The lowest BCUT2D eigenvalue weighted by atomic mass is 10.1. The van der Waals surface area contributed by atoms with Crippen molar-refractivity contribution < 1.29 is 0 Å². The summed E-state index contributed by atoms with van der Waals surface area (Å²) >= 11 is 0. The largest absolute Gasteiger partial charge is 0.249 e. The summed E-state index contributed by atoms with van der Waals surface area (Å²) in [5.41, 5.74) is 1.33. The van der Waals surface area contributed by atoms with Crippen molar-refractivity contribution in [1.29, 1.82) is 0 Å². The maximum atomic E-state index is 4.25. The number of rotatable bonds is 14. The maximum absolute atomic E-state index is 4.25. The molecule has 0 unspecified atom stereocenters. The van der Waals surface area contributed by atoms with Gasteiger partial charge in [-0.25, -0.2) is 4.68 Å². The Morgan fingerprint density at radius 3 is 2.00 bits per heavy atom. The fourth-order valence-electron chi connectivity index (χ4n) is 2.79. The molecule has 1 aromatic heterocycles. The highest BCUT2D eigenvalue weighted by molar-refractivity contribution is 4.93. The molecule has 0 saturated carbocycles. The molecule has 0 saturated heterocycles. The summed E-state index contributed by atoms with van der Waals surface area (Å²) in [6.45, 7) is 5.59. The van der Waals surface area contributed by atoms with Crippen LogP contribution in [0.1, 0.15) is 96.6 Å². The van der Waals surface area contributed by atoms with E-state index in [0.717, 1.165) is 13.0 Å². The average Bonchev–Trinajstić information content (AvgIpc) is 2.94. The van der Waals surface area contributed by atoms with Gasteiger partial charge >= 0.3 is 0 Å². The van der Waals surface area contributed by atoms with Crippen molar-refractivity contribution in [1.82, 2.24) is 15.0 Å². The predicted octanol–water partition coefficient (Wildman–Crippen LogP) is 5.54. The minimum Gasteiger partial charge on any atom is -0.249 e. The van der Waals surface area contributed by atoms with Gasteiger partial charge in [0.15, 0.2) is 0 Å². The SMILES string of the molecule is CCCCCCCCCn1nncc1CCCCCCC. The second-order valence-electron chi connectivity index (χ2n) is 6.23. The number of unbranched alkanes of at least 4 members (excludes halogenated alkanes) is 10. The number of hydrogen-bond acceptors (Lipinski definition) is 2. The Labute approximate surface area is 131 Å². The van der Waals surface area contributed by atoms with Gasteiger partial charge in [-0.3, -0.25) is 0 Å². The molecule has 3 heteroatoms. The smallest absolute Gasteiger partial charge is 0.0725 e. The van der Waals surface area contributed by atoms with Gasteiger partial charge in [0.25, 0.3) is 0 Å². The van der Waals surface area contributed by atoms with Crippen molar-refractivity contribution in [3.63, 3.8) is 0 Å². The minimum atomic E-state index is 1.05. The fourth-order valence-corrected chi connectivity index (χ4v) is 2.79. The monoisotopic (exact) mass is 293 g/mol. The average molecular weight is 293 g/mol. The van der Waals surface area contributed by atoms with Crippen LogP contribution in [-0.2, 0) is 13.0 Å². The maximum Gasteiger partial charge on any atom is 0.0725 e. The number of hydrogen-bond donors (Lipinski definition) is 0. The summed E-state index contributed by atoms with van der Waals surface area (Å²) in [6, 6.07) is 0. The Morgan fingerprint density at radius 2 is 1.33 bits per heavy atom.